The molecule has 0 aliphatic carbocycles. The molecule has 25 heavy (non-hydrogen) atoms. The van der Waals surface area contributed by atoms with E-state index in [9.17, 15) is 9.59 Å². The second kappa shape index (κ2) is 8.88. The van der Waals surface area contributed by atoms with E-state index in [1.54, 1.807) is 18.2 Å². The molecule has 2 rings (SSSR count). The number of benzene rings is 2. The molecule has 0 aromatic heterocycles. The third-order valence-electron chi connectivity index (χ3n) is 3.80. The molecule has 0 unspecified atom stereocenters. The lowest BCUT2D eigenvalue weighted by Gasteiger charge is -2.20. The Hall–Kier alpha value is -2.04. The van der Waals surface area contributed by atoms with Gasteiger partial charge in [0.2, 0.25) is 5.78 Å². The summed E-state index contributed by atoms with van der Waals surface area (Å²) in [6.07, 6.45) is 0. The van der Waals surface area contributed by atoms with E-state index in [0.717, 1.165) is 18.8 Å². The number of ketones is 1. The molecule has 0 radical (unpaired) electrons. The molecule has 0 spiro atoms. The van der Waals surface area contributed by atoms with Crippen molar-refractivity contribution in [2.24, 2.45) is 0 Å². The van der Waals surface area contributed by atoms with Gasteiger partial charge in [0.1, 0.15) is 0 Å². The Balaban J connectivity index is 1.99. The minimum atomic E-state index is -0.551. The van der Waals surface area contributed by atoms with Crippen molar-refractivity contribution in [2.45, 2.75) is 13.8 Å². The highest BCUT2D eigenvalue weighted by molar-refractivity contribution is 6.36. The van der Waals surface area contributed by atoms with Gasteiger partial charge >= 0.3 is 5.97 Å². The molecule has 0 saturated heterocycles. The van der Waals surface area contributed by atoms with Crippen LogP contribution in [0, 0.1) is 0 Å². The minimum absolute atomic E-state index is 0.233. The fraction of sp³-hybridized carbons (Fsp3) is 0.263. The van der Waals surface area contributed by atoms with Crippen LogP contribution in [-0.4, -0.2) is 31.4 Å². The van der Waals surface area contributed by atoms with Crippen molar-refractivity contribution >= 4 is 40.6 Å². The average molecular weight is 380 g/mol. The summed E-state index contributed by atoms with van der Waals surface area (Å²) in [7, 11) is 0. The van der Waals surface area contributed by atoms with Crippen LogP contribution in [0.4, 0.5) is 5.69 Å². The van der Waals surface area contributed by atoms with E-state index in [1.165, 1.54) is 12.1 Å². The van der Waals surface area contributed by atoms with Gasteiger partial charge in [-0.1, -0.05) is 23.2 Å². The molecule has 6 heteroatoms. The number of hydrogen-bond donors (Lipinski definition) is 0. The van der Waals surface area contributed by atoms with Gasteiger partial charge in [-0.25, -0.2) is 4.79 Å². The summed E-state index contributed by atoms with van der Waals surface area (Å²) in [5.41, 5.74) is 1.70. The highest BCUT2D eigenvalue weighted by Gasteiger charge is 2.15. The van der Waals surface area contributed by atoms with E-state index < -0.39 is 5.97 Å². The first-order chi connectivity index (χ1) is 12.0. The summed E-state index contributed by atoms with van der Waals surface area (Å²) in [6.45, 7) is 5.53. The van der Waals surface area contributed by atoms with Gasteiger partial charge in [0.05, 0.1) is 10.6 Å². The fourth-order valence-electron chi connectivity index (χ4n) is 2.40. The van der Waals surface area contributed by atoms with E-state index in [4.69, 9.17) is 27.9 Å². The van der Waals surface area contributed by atoms with Crippen LogP contribution >= 0.6 is 23.2 Å². The number of halogens is 2. The van der Waals surface area contributed by atoms with E-state index in [-0.39, 0.29) is 23.0 Å². The first-order valence-electron chi connectivity index (χ1n) is 7.96. The van der Waals surface area contributed by atoms with Crippen LogP contribution in [0.2, 0.25) is 10.0 Å². The number of hydrogen-bond acceptors (Lipinski definition) is 4. The van der Waals surface area contributed by atoms with Crippen LogP contribution < -0.4 is 4.90 Å². The molecule has 132 valence electrons. The van der Waals surface area contributed by atoms with Crippen molar-refractivity contribution in [1.82, 2.24) is 0 Å². The predicted molar refractivity (Wildman–Crippen MR) is 101 cm³/mol. The molecule has 0 N–H and O–H groups in total. The highest BCUT2D eigenvalue weighted by Crippen LogP contribution is 2.21. The fourth-order valence-corrected chi connectivity index (χ4v) is 2.92. The number of carbonyl (C=O) groups excluding carboxylic acids is 2. The van der Waals surface area contributed by atoms with Crippen LogP contribution in [0.3, 0.4) is 0 Å². The van der Waals surface area contributed by atoms with Crippen molar-refractivity contribution < 1.29 is 14.3 Å². The van der Waals surface area contributed by atoms with Crippen molar-refractivity contribution in [3.63, 3.8) is 0 Å². The predicted octanol–water partition coefficient (Wildman–Crippen LogP) is 4.88. The van der Waals surface area contributed by atoms with E-state index >= 15 is 0 Å². The van der Waals surface area contributed by atoms with Crippen LogP contribution in [0.15, 0.2) is 42.5 Å². The highest BCUT2D eigenvalue weighted by atomic mass is 35.5. The summed E-state index contributed by atoms with van der Waals surface area (Å²) in [4.78, 5) is 26.4. The molecule has 0 atom stereocenters. The normalized spacial score (nSPS) is 10.4. The average Bonchev–Trinajstić information content (AvgIpc) is 2.61. The van der Waals surface area contributed by atoms with Crippen LogP contribution in [0.25, 0.3) is 0 Å². The number of rotatable bonds is 7. The van der Waals surface area contributed by atoms with Crippen molar-refractivity contribution in [3.05, 3.63) is 63.6 Å². The zero-order valence-corrected chi connectivity index (χ0v) is 15.6. The quantitative estimate of drug-likeness (QED) is 0.507. The molecule has 4 nitrogen and oxygen atoms in total. The molecule has 0 bridgehead atoms. The Morgan fingerprint density at radius 1 is 1.00 bits per heavy atom. The van der Waals surface area contributed by atoms with Gasteiger partial charge in [-0.2, -0.15) is 0 Å². The second-order valence-corrected chi connectivity index (χ2v) is 6.19. The largest absolute Gasteiger partial charge is 0.454 e. The summed E-state index contributed by atoms with van der Waals surface area (Å²) < 4.78 is 5.09. The van der Waals surface area contributed by atoms with E-state index in [1.807, 2.05) is 12.1 Å². The molecule has 0 heterocycles. The lowest BCUT2D eigenvalue weighted by molar-refractivity contribution is 0.0475. The van der Waals surface area contributed by atoms with Crippen molar-refractivity contribution in [1.29, 1.82) is 0 Å². The number of Topliss-reactive ketones (excluding diaryl/α,β-unsaturated/α-hetero) is 1. The summed E-state index contributed by atoms with van der Waals surface area (Å²) >= 11 is 11.8. The molecular formula is C19H19Cl2NO3. The maximum Gasteiger partial charge on any atom is 0.338 e. The SMILES string of the molecule is CCN(CC)c1ccc(C(=O)OCC(=O)c2ccc(Cl)cc2Cl)cc1. The Labute approximate surface area is 157 Å². The zero-order chi connectivity index (χ0) is 18.4. The molecule has 0 fully saturated rings. The monoisotopic (exact) mass is 379 g/mol. The van der Waals surface area contributed by atoms with E-state index in [0.29, 0.717) is 10.6 Å². The molecule has 0 aliphatic heterocycles. The van der Waals surface area contributed by atoms with Gasteiger partial charge in [0, 0.05) is 29.4 Å². The first kappa shape index (κ1) is 19.3. The Morgan fingerprint density at radius 2 is 1.64 bits per heavy atom. The lowest BCUT2D eigenvalue weighted by atomic mass is 10.1. The van der Waals surface area contributed by atoms with Gasteiger partial charge in [0.25, 0.3) is 0 Å². The van der Waals surface area contributed by atoms with Crippen LogP contribution in [-0.2, 0) is 4.74 Å². The van der Waals surface area contributed by atoms with Crippen molar-refractivity contribution in [2.75, 3.05) is 24.6 Å². The molecule has 2 aromatic carbocycles. The van der Waals surface area contributed by atoms with Gasteiger partial charge in [-0.3, -0.25) is 4.79 Å². The maximum atomic E-state index is 12.1. The third-order valence-corrected chi connectivity index (χ3v) is 4.35. The Kier molecular flexibility index (Phi) is 6.85. The molecule has 0 amide bonds. The Bertz CT molecular complexity index is 756. The second-order valence-electron chi connectivity index (χ2n) is 5.34. The van der Waals surface area contributed by atoms with Crippen molar-refractivity contribution in [3.8, 4) is 0 Å². The van der Waals surface area contributed by atoms with Gasteiger partial charge < -0.3 is 9.64 Å². The van der Waals surface area contributed by atoms with Crippen LogP contribution in [0.5, 0.6) is 0 Å². The van der Waals surface area contributed by atoms with Gasteiger partial charge in [0.15, 0.2) is 6.61 Å². The molecular weight excluding hydrogens is 361 g/mol. The zero-order valence-electron chi connectivity index (χ0n) is 14.1. The smallest absolute Gasteiger partial charge is 0.338 e. The van der Waals surface area contributed by atoms with Gasteiger partial charge in [-0.05, 0) is 56.3 Å². The summed E-state index contributed by atoms with van der Waals surface area (Å²) in [5.74, 6) is -0.931. The van der Waals surface area contributed by atoms with Crippen LogP contribution in [0.1, 0.15) is 34.6 Å². The molecule has 2 aromatic rings. The molecule has 0 aliphatic rings. The number of ether oxygens (including phenoxy) is 1. The van der Waals surface area contributed by atoms with Gasteiger partial charge in [-0.15, -0.1) is 0 Å². The topological polar surface area (TPSA) is 46.6 Å². The molecule has 0 saturated carbocycles. The number of nitrogens with zero attached hydrogens (tertiary/aromatic N) is 1. The number of carbonyl (C=O) groups is 2. The lowest BCUT2D eigenvalue weighted by Crippen LogP contribution is -2.21. The van der Waals surface area contributed by atoms with E-state index in [2.05, 4.69) is 18.7 Å². The number of esters is 1. The maximum absolute atomic E-state index is 12.1. The Morgan fingerprint density at radius 3 is 2.20 bits per heavy atom. The number of anilines is 1. The summed E-state index contributed by atoms with van der Waals surface area (Å²) in [6, 6.07) is 11.7. The third kappa shape index (κ3) is 4.97. The first-order valence-corrected chi connectivity index (χ1v) is 8.72. The standard InChI is InChI=1S/C19H19Cl2NO3/c1-3-22(4-2)15-8-5-13(6-9-15)19(24)25-12-18(23)16-10-7-14(20)11-17(16)21/h5-11H,3-4,12H2,1-2H3. The summed E-state index contributed by atoms with van der Waals surface area (Å²) in [5, 5.41) is 0.670. The minimum Gasteiger partial charge on any atom is -0.454 e.